The van der Waals surface area contributed by atoms with Gasteiger partial charge in [-0.05, 0) is 48.4 Å². The normalized spacial score (nSPS) is 11.9. The van der Waals surface area contributed by atoms with Gasteiger partial charge < -0.3 is 19.7 Å². The molecule has 2 aromatic carbocycles. The van der Waals surface area contributed by atoms with E-state index < -0.39 is 6.43 Å². The molecule has 5 nitrogen and oxygen atoms in total. The predicted molar refractivity (Wildman–Crippen MR) is 123 cm³/mol. The van der Waals surface area contributed by atoms with Crippen LogP contribution in [0.5, 0.6) is 11.5 Å². The Hall–Kier alpha value is -3.19. The molecule has 1 atom stereocenters. The third-order valence-electron chi connectivity index (χ3n) is 5.23. The molecule has 0 aliphatic heterocycles. The summed E-state index contributed by atoms with van der Waals surface area (Å²) in [4.78, 5) is 6.79. The number of alkyl halides is 2. The molecule has 0 aliphatic carbocycles. The first-order valence-electron chi connectivity index (χ1n) is 10.5. The number of pyridine rings is 1. The van der Waals surface area contributed by atoms with E-state index in [2.05, 4.69) is 15.2 Å². The van der Waals surface area contributed by atoms with Crippen molar-refractivity contribution in [2.75, 3.05) is 25.7 Å². The maximum Gasteiger partial charge on any atom is 0.250 e. The summed E-state index contributed by atoms with van der Waals surface area (Å²) in [7, 11) is 3.28. The second-order valence-electron chi connectivity index (χ2n) is 7.49. The average Bonchev–Trinajstić information content (AvgIpc) is 2.83. The smallest absolute Gasteiger partial charge is 0.250 e. The highest BCUT2D eigenvalue weighted by molar-refractivity contribution is 5.50. The van der Waals surface area contributed by atoms with Crippen LogP contribution in [-0.4, -0.2) is 32.2 Å². The minimum absolute atomic E-state index is 0.276. The maximum absolute atomic E-state index is 12.8. The Labute approximate surface area is 188 Å². The van der Waals surface area contributed by atoms with Crippen molar-refractivity contribution in [1.29, 1.82) is 0 Å². The second-order valence-corrected chi connectivity index (χ2v) is 7.49. The first-order valence-corrected chi connectivity index (χ1v) is 10.5. The highest BCUT2D eigenvalue weighted by Gasteiger charge is 2.19. The third kappa shape index (κ3) is 6.40. The zero-order valence-corrected chi connectivity index (χ0v) is 18.6. The van der Waals surface area contributed by atoms with Crippen LogP contribution in [-0.2, 0) is 13.1 Å². The van der Waals surface area contributed by atoms with Gasteiger partial charge in [0.1, 0.15) is 17.3 Å². The lowest BCUT2D eigenvalue weighted by Crippen LogP contribution is -2.29. The summed E-state index contributed by atoms with van der Waals surface area (Å²) < 4.78 is 36.1. The summed E-state index contributed by atoms with van der Waals surface area (Å²) in [5, 5.41) is 2.90. The van der Waals surface area contributed by atoms with E-state index in [9.17, 15) is 8.78 Å². The molecule has 0 fully saturated rings. The molecule has 0 bridgehead atoms. The van der Waals surface area contributed by atoms with Crippen molar-refractivity contribution in [2.45, 2.75) is 32.5 Å². The van der Waals surface area contributed by atoms with E-state index >= 15 is 0 Å². The molecule has 0 unspecified atom stereocenters. The van der Waals surface area contributed by atoms with Gasteiger partial charge in [0, 0.05) is 30.9 Å². The third-order valence-corrected chi connectivity index (χ3v) is 5.23. The van der Waals surface area contributed by atoms with Crippen molar-refractivity contribution in [3.8, 4) is 11.5 Å². The van der Waals surface area contributed by atoms with Crippen LogP contribution in [0.15, 0.2) is 66.9 Å². The van der Waals surface area contributed by atoms with E-state index in [4.69, 9.17) is 9.47 Å². The number of ether oxygens (including phenoxy) is 2. The molecule has 32 heavy (non-hydrogen) atoms. The van der Waals surface area contributed by atoms with E-state index in [-0.39, 0.29) is 12.6 Å². The number of nitrogens with zero attached hydrogens (tertiary/aromatic N) is 2. The van der Waals surface area contributed by atoms with E-state index in [1.807, 2.05) is 67.6 Å². The molecule has 7 heteroatoms. The Morgan fingerprint density at radius 3 is 1.88 bits per heavy atom. The van der Waals surface area contributed by atoms with Crippen molar-refractivity contribution in [3.63, 3.8) is 0 Å². The molecule has 3 aromatic rings. The van der Waals surface area contributed by atoms with Gasteiger partial charge in [-0.25, -0.2) is 13.8 Å². The van der Waals surface area contributed by atoms with Crippen LogP contribution in [0.2, 0.25) is 0 Å². The van der Waals surface area contributed by atoms with Gasteiger partial charge in [0.2, 0.25) is 0 Å². The fraction of sp³-hybridized carbons (Fsp3) is 0.320. The average molecular weight is 442 g/mol. The number of anilines is 1. The van der Waals surface area contributed by atoms with E-state index in [0.717, 1.165) is 34.0 Å². The highest BCUT2D eigenvalue weighted by atomic mass is 19.3. The standard InChI is InChI=1S/C25H29F2N3O2/c1-18(29-15-24(26)27)23-5-4-14-28-25(23)30(16-19-6-10-21(31-2)11-7-19)17-20-8-12-22(32-3)13-9-20/h4-14,18,24,29H,15-17H2,1-3H3/t18-/m1/s1. The molecule has 3 rings (SSSR count). The van der Waals surface area contributed by atoms with Crippen molar-refractivity contribution in [3.05, 3.63) is 83.6 Å². The lowest BCUT2D eigenvalue weighted by molar-refractivity contribution is 0.142. The molecule has 1 aromatic heterocycles. The number of benzene rings is 2. The number of aromatic nitrogens is 1. The summed E-state index contributed by atoms with van der Waals surface area (Å²) in [6, 6.07) is 19.2. The van der Waals surface area contributed by atoms with Gasteiger partial charge in [-0.15, -0.1) is 0 Å². The van der Waals surface area contributed by atoms with Gasteiger partial charge in [-0.2, -0.15) is 0 Å². The first kappa shape index (κ1) is 23.5. The predicted octanol–water partition coefficient (Wildman–Crippen LogP) is 5.22. The van der Waals surface area contributed by atoms with Gasteiger partial charge in [0.25, 0.3) is 6.43 Å². The fourth-order valence-electron chi connectivity index (χ4n) is 3.50. The molecule has 0 radical (unpaired) electrons. The summed E-state index contributed by atoms with van der Waals surface area (Å²) in [5.74, 6) is 2.34. The summed E-state index contributed by atoms with van der Waals surface area (Å²) in [6.07, 6.45) is -0.680. The van der Waals surface area contributed by atoms with E-state index in [1.165, 1.54) is 0 Å². The molecule has 0 aliphatic rings. The summed E-state index contributed by atoms with van der Waals surface area (Å²) in [5.41, 5.74) is 3.04. The number of rotatable bonds is 11. The number of hydrogen-bond acceptors (Lipinski definition) is 5. The number of hydrogen-bond donors (Lipinski definition) is 1. The van der Waals surface area contributed by atoms with Crippen LogP contribution in [0.1, 0.15) is 29.7 Å². The van der Waals surface area contributed by atoms with E-state index in [0.29, 0.717) is 13.1 Å². The van der Waals surface area contributed by atoms with Crippen LogP contribution < -0.4 is 19.7 Å². The van der Waals surface area contributed by atoms with Crippen molar-refractivity contribution in [2.24, 2.45) is 0 Å². The first-order chi connectivity index (χ1) is 15.5. The van der Waals surface area contributed by atoms with Crippen LogP contribution >= 0.6 is 0 Å². The molecule has 1 N–H and O–H groups in total. The zero-order valence-electron chi connectivity index (χ0n) is 18.6. The maximum atomic E-state index is 12.8. The van der Waals surface area contributed by atoms with Gasteiger partial charge in [0.05, 0.1) is 20.8 Å². The van der Waals surface area contributed by atoms with Crippen LogP contribution in [0.3, 0.4) is 0 Å². The van der Waals surface area contributed by atoms with Crippen molar-refractivity contribution in [1.82, 2.24) is 10.3 Å². The fourth-order valence-corrected chi connectivity index (χ4v) is 3.50. The topological polar surface area (TPSA) is 46.6 Å². The Balaban J connectivity index is 1.91. The molecular weight excluding hydrogens is 412 g/mol. The van der Waals surface area contributed by atoms with Gasteiger partial charge in [-0.3, -0.25) is 0 Å². The van der Waals surface area contributed by atoms with Gasteiger partial charge >= 0.3 is 0 Å². The van der Waals surface area contributed by atoms with Crippen molar-refractivity contribution >= 4 is 5.82 Å². The molecule has 0 spiro atoms. The van der Waals surface area contributed by atoms with Gasteiger partial charge in [0.15, 0.2) is 0 Å². The van der Waals surface area contributed by atoms with Crippen LogP contribution in [0.25, 0.3) is 0 Å². The largest absolute Gasteiger partial charge is 0.497 e. The quantitative estimate of drug-likeness (QED) is 0.442. The van der Waals surface area contributed by atoms with E-state index in [1.54, 1.807) is 20.4 Å². The molecular formula is C25H29F2N3O2. The Kier molecular flexibility index (Phi) is 8.39. The van der Waals surface area contributed by atoms with Crippen LogP contribution in [0, 0.1) is 0 Å². The zero-order chi connectivity index (χ0) is 22.9. The van der Waals surface area contributed by atoms with Crippen LogP contribution in [0.4, 0.5) is 14.6 Å². The minimum Gasteiger partial charge on any atom is -0.497 e. The molecule has 170 valence electrons. The molecule has 0 saturated carbocycles. The monoisotopic (exact) mass is 441 g/mol. The molecule has 0 saturated heterocycles. The summed E-state index contributed by atoms with van der Waals surface area (Å²) in [6.45, 7) is 2.71. The molecule has 0 amide bonds. The molecule has 1 heterocycles. The lowest BCUT2D eigenvalue weighted by Gasteiger charge is -2.28. The Bertz CT molecular complexity index is 916. The highest BCUT2D eigenvalue weighted by Crippen LogP contribution is 2.28. The lowest BCUT2D eigenvalue weighted by atomic mass is 10.1. The number of methoxy groups -OCH3 is 2. The number of halogens is 2. The Morgan fingerprint density at radius 2 is 1.41 bits per heavy atom. The summed E-state index contributed by atoms with van der Waals surface area (Å²) >= 11 is 0. The van der Waals surface area contributed by atoms with Gasteiger partial charge in [-0.1, -0.05) is 30.3 Å². The number of nitrogens with one attached hydrogen (secondary N) is 1. The SMILES string of the molecule is COc1ccc(CN(Cc2ccc(OC)cc2)c2ncccc2[C@@H](C)NCC(F)F)cc1. The Morgan fingerprint density at radius 1 is 0.875 bits per heavy atom. The minimum atomic E-state index is -2.41. The van der Waals surface area contributed by atoms with Crippen molar-refractivity contribution < 1.29 is 18.3 Å². The second kappa shape index (κ2) is 11.4.